The maximum atomic E-state index is 11.8. The Balaban J connectivity index is 2.63. The molecule has 1 N–H and O–H groups in total. The molecular formula is C10H16ClN3OSi. The quantitative estimate of drug-likeness (QED) is 0.836. The fraction of sp³-hybridized carbons (Fsp3) is 0.500. The lowest BCUT2D eigenvalue weighted by molar-refractivity contribution is 0.0937. The van der Waals surface area contributed by atoms with Crippen molar-refractivity contribution < 1.29 is 4.79 Å². The first-order valence-electron chi connectivity index (χ1n) is 5.28. The van der Waals surface area contributed by atoms with Crippen LogP contribution in [0, 0.1) is 0 Å². The normalized spacial score (nSPS) is 12.6. The molecule has 0 saturated carbocycles. The monoisotopic (exact) mass is 257 g/mol. The molecule has 1 atom stereocenters. The Morgan fingerprint density at radius 1 is 1.50 bits per heavy atom. The zero-order valence-corrected chi connectivity index (χ0v) is 11.6. The molecule has 6 heteroatoms. The number of carbonyl (C=O) groups excluding carboxylic acids is 1. The predicted octanol–water partition coefficient (Wildman–Crippen LogP) is 1.73. The van der Waals surface area contributed by atoms with Gasteiger partial charge in [0.25, 0.3) is 5.91 Å². The number of hydrogen-bond donors (Lipinski definition) is 1. The third-order valence-corrected chi connectivity index (χ3v) is 4.00. The van der Waals surface area contributed by atoms with E-state index in [4.69, 9.17) is 11.6 Å². The molecule has 1 aromatic rings. The van der Waals surface area contributed by atoms with E-state index in [1.165, 1.54) is 12.4 Å². The van der Waals surface area contributed by atoms with E-state index in [9.17, 15) is 4.79 Å². The number of rotatable bonds is 4. The van der Waals surface area contributed by atoms with E-state index in [2.05, 4.69) is 28.4 Å². The summed E-state index contributed by atoms with van der Waals surface area (Å²) in [5.41, 5.74) is 0.196. The first-order valence-corrected chi connectivity index (χ1v) is 8.78. The van der Waals surface area contributed by atoms with Crippen molar-refractivity contribution >= 4 is 26.3 Å². The number of nitrogens with zero attached hydrogens (tertiary/aromatic N) is 2. The van der Waals surface area contributed by atoms with Crippen molar-refractivity contribution in [2.24, 2.45) is 0 Å². The van der Waals surface area contributed by atoms with Gasteiger partial charge in [-0.1, -0.05) is 24.7 Å². The van der Waals surface area contributed by atoms with Crippen LogP contribution in [0.5, 0.6) is 0 Å². The summed E-state index contributed by atoms with van der Waals surface area (Å²) in [5, 5.41) is 3.02. The van der Waals surface area contributed by atoms with E-state index >= 15 is 0 Å². The largest absolute Gasteiger partial charge is 0.348 e. The second-order valence-electron chi connectivity index (χ2n) is 4.20. The summed E-state index contributed by atoms with van der Waals surface area (Å²) in [7, 11) is -0.677. The summed E-state index contributed by atoms with van der Waals surface area (Å²) in [4.78, 5) is 19.5. The summed E-state index contributed by atoms with van der Waals surface area (Å²) in [6.07, 6.45) is 2.92. The van der Waals surface area contributed by atoms with Crippen LogP contribution >= 0.6 is 11.6 Å². The lowest BCUT2D eigenvalue weighted by Gasteiger charge is -2.15. The van der Waals surface area contributed by atoms with Crippen LogP contribution in [0.4, 0.5) is 0 Å². The van der Waals surface area contributed by atoms with Crippen LogP contribution in [0.25, 0.3) is 0 Å². The molecule has 0 aliphatic rings. The lowest BCUT2D eigenvalue weighted by atomic mass is 10.3. The Labute approximate surface area is 102 Å². The Kier molecular flexibility index (Phi) is 4.89. The fourth-order valence-electron chi connectivity index (χ4n) is 1.53. The summed E-state index contributed by atoms with van der Waals surface area (Å²) >= 11 is 5.78. The Morgan fingerprint density at radius 3 is 2.69 bits per heavy atom. The van der Waals surface area contributed by atoms with Crippen molar-refractivity contribution in [3.8, 4) is 0 Å². The highest BCUT2D eigenvalue weighted by atomic mass is 35.5. The summed E-state index contributed by atoms with van der Waals surface area (Å²) in [6, 6.07) is 1.22. The molecule has 0 aliphatic carbocycles. The minimum absolute atomic E-state index is 0.147. The fourth-order valence-corrected chi connectivity index (χ4v) is 3.25. The first-order chi connectivity index (χ1) is 7.50. The van der Waals surface area contributed by atoms with Gasteiger partial charge in [-0.25, -0.2) is 9.97 Å². The van der Waals surface area contributed by atoms with Crippen molar-refractivity contribution in [3.63, 3.8) is 0 Å². The van der Waals surface area contributed by atoms with Crippen molar-refractivity contribution in [2.75, 3.05) is 0 Å². The van der Waals surface area contributed by atoms with Gasteiger partial charge >= 0.3 is 0 Å². The molecule has 0 spiro atoms. The maximum Gasteiger partial charge on any atom is 0.273 e. The molecule has 0 unspecified atom stereocenters. The van der Waals surface area contributed by atoms with E-state index in [1.807, 2.05) is 6.92 Å². The summed E-state index contributed by atoms with van der Waals surface area (Å²) < 4.78 is 0. The van der Waals surface area contributed by atoms with E-state index in [0.29, 0.717) is 0 Å². The lowest BCUT2D eigenvalue weighted by Crippen LogP contribution is -2.35. The van der Waals surface area contributed by atoms with E-state index < -0.39 is 8.80 Å². The molecule has 1 aromatic heterocycles. The highest BCUT2D eigenvalue weighted by Crippen LogP contribution is 2.09. The van der Waals surface area contributed by atoms with Gasteiger partial charge in [-0.05, 0) is 13.0 Å². The molecule has 1 heterocycles. The number of hydrogen-bond acceptors (Lipinski definition) is 3. The molecule has 0 radical (unpaired) electrons. The van der Waals surface area contributed by atoms with Crippen LogP contribution in [0.2, 0.25) is 24.3 Å². The van der Waals surface area contributed by atoms with E-state index in [0.717, 1.165) is 6.04 Å². The number of aromatic nitrogens is 2. The van der Waals surface area contributed by atoms with Crippen molar-refractivity contribution in [1.29, 1.82) is 0 Å². The first kappa shape index (κ1) is 13.1. The molecule has 88 valence electrons. The van der Waals surface area contributed by atoms with Gasteiger partial charge in [0.15, 0.2) is 10.8 Å². The molecule has 0 bridgehead atoms. The highest BCUT2D eigenvalue weighted by Gasteiger charge is 2.15. The third-order valence-electron chi connectivity index (χ3n) is 2.07. The van der Waals surface area contributed by atoms with Crippen molar-refractivity contribution in [3.05, 3.63) is 23.2 Å². The van der Waals surface area contributed by atoms with Gasteiger partial charge in [-0.2, -0.15) is 0 Å². The Morgan fingerprint density at radius 2 is 2.12 bits per heavy atom. The number of carbonyl (C=O) groups is 1. The number of nitrogens with one attached hydrogen (secondary N) is 1. The SMILES string of the molecule is C[C@@H](C[SiH](C)C)NC(=O)c1nccnc1Cl. The van der Waals surface area contributed by atoms with Crippen LogP contribution < -0.4 is 5.32 Å². The molecule has 1 amide bonds. The Hall–Kier alpha value is -0.943. The maximum absolute atomic E-state index is 11.8. The van der Waals surface area contributed by atoms with Gasteiger partial charge in [0.2, 0.25) is 0 Å². The smallest absolute Gasteiger partial charge is 0.273 e. The van der Waals surface area contributed by atoms with E-state index in [1.54, 1.807) is 0 Å². The van der Waals surface area contributed by atoms with E-state index in [-0.39, 0.29) is 22.8 Å². The number of halogens is 1. The second-order valence-corrected chi connectivity index (χ2v) is 7.82. The van der Waals surface area contributed by atoms with Crippen molar-refractivity contribution in [1.82, 2.24) is 15.3 Å². The van der Waals surface area contributed by atoms with Crippen LogP contribution in [0.15, 0.2) is 12.4 Å². The van der Waals surface area contributed by atoms with Gasteiger partial charge in [-0.3, -0.25) is 4.79 Å². The minimum atomic E-state index is -0.677. The zero-order chi connectivity index (χ0) is 12.1. The van der Waals surface area contributed by atoms with Gasteiger partial charge < -0.3 is 5.32 Å². The summed E-state index contributed by atoms with van der Waals surface area (Å²) in [6.45, 7) is 6.49. The van der Waals surface area contributed by atoms with Crippen LogP contribution in [0.1, 0.15) is 17.4 Å². The molecule has 0 aromatic carbocycles. The molecule has 0 aliphatic heterocycles. The molecule has 4 nitrogen and oxygen atoms in total. The number of amides is 1. The molecule has 16 heavy (non-hydrogen) atoms. The third kappa shape index (κ3) is 3.90. The van der Waals surface area contributed by atoms with Crippen LogP contribution in [0.3, 0.4) is 0 Å². The molecule has 0 fully saturated rings. The zero-order valence-electron chi connectivity index (χ0n) is 9.70. The second kappa shape index (κ2) is 5.96. The predicted molar refractivity (Wildman–Crippen MR) is 67.7 cm³/mol. The van der Waals surface area contributed by atoms with Gasteiger partial charge in [0.05, 0.1) is 0 Å². The summed E-state index contributed by atoms with van der Waals surface area (Å²) in [5.74, 6) is -0.250. The topological polar surface area (TPSA) is 54.9 Å². The molecule has 0 saturated heterocycles. The van der Waals surface area contributed by atoms with Crippen LogP contribution in [-0.2, 0) is 0 Å². The minimum Gasteiger partial charge on any atom is -0.348 e. The van der Waals surface area contributed by atoms with Crippen molar-refractivity contribution in [2.45, 2.75) is 32.1 Å². The van der Waals surface area contributed by atoms with Gasteiger partial charge in [0, 0.05) is 27.2 Å². The van der Waals surface area contributed by atoms with Crippen LogP contribution in [-0.4, -0.2) is 30.7 Å². The highest BCUT2D eigenvalue weighted by molar-refractivity contribution is 6.55. The van der Waals surface area contributed by atoms with Gasteiger partial charge in [0.1, 0.15) is 0 Å². The molecular weight excluding hydrogens is 242 g/mol. The average Bonchev–Trinajstić information content (AvgIpc) is 2.16. The Bertz CT molecular complexity index is 373. The standard InChI is InChI=1S/C10H16ClN3OSi/c1-7(6-16(2)3)14-10(15)8-9(11)13-5-4-12-8/h4-5,7,16H,6H2,1-3H3,(H,14,15)/t7-/m0/s1. The molecule has 1 rings (SSSR count). The average molecular weight is 258 g/mol. The van der Waals surface area contributed by atoms with Gasteiger partial charge in [-0.15, -0.1) is 0 Å².